The number of nitrogens with one attached hydrogen (secondary N) is 1. The average Bonchev–Trinajstić information content (AvgIpc) is 2.77. The fourth-order valence-corrected chi connectivity index (χ4v) is 3.22. The fraction of sp³-hybridized carbons (Fsp3) is 0.0833. The zero-order chi connectivity index (χ0) is 22.2. The topological polar surface area (TPSA) is 71.3 Å². The van der Waals surface area contributed by atoms with Crippen molar-refractivity contribution in [2.45, 2.75) is 0 Å². The Hall–Kier alpha value is -3.63. The number of hydrogen-bond donors (Lipinski definition) is 1. The van der Waals surface area contributed by atoms with Crippen molar-refractivity contribution in [3.63, 3.8) is 0 Å². The minimum absolute atomic E-state index is 0.209. The number of nitriles is 1. The van der Waals surface area contributed by atoms with Crippen LogP contribution in [0.2, 0.25) is 0 Å². The minimum atomic E-state index is -0.423. The van der Waals surface area contributed by atoms with E-state index in [2.05, 4.69) is 27.3 Å². The largest absolute Gasteiger partial charge is 0.493 e. The number of allylic oxidation sites excluding steroid dienone is 1. The molecule has 0 aliphatic heterocycles. The monoisotopic (exact) mass is 480 g/mol. The lowest BCUT2D eigenvalue weighted by molar-refractivity contribution is -0.118. The molecule has 0 saturated carbocycles. The predicted molar refractivity (Wildman–Crippen MR) is 121 cm³/mol. The molecule has 0 heterocycles. The Balaban J connectivity index is 1.79. The fourth-order valence-electron chi connectivity index (χ4n) is 2.79. The Labute approximate surface area is 187 Å². The number of halogens is 2. The van der Waals surface area contributed by atoms with Crippen LogP contribution in [-0.2, 0) is 4.79 Å². The van der Waals surface area contributed by atoms with Gasteiger partial charge in [-0.05, 0) is 53.6 Å². The predicted octanol–water partition coefficient (Wildman–Crippen LogP) is 5.68. The molecule has 31 heavy (non-hydrogen) atoms. The van der Waals surface area contributed by atoms with Crippen molar-refractivity contribution in [2.24, 2.45) is 0 Å². The highest BCUT2D eigenvalue weighted by Crippen LogP contribution is 2.35. The third kappa shape index (κ3) is 5.93. The molecule has 1 amide bonds. The van der Waals surface area contributed by atoms with Gasteiger partial charge in [0.15, 0.2) is 18.1 Å². The number of para-hydroxylation sites is 1. The van der Waals surface area contributed by atoms with Gasteiger partial charge in [-0.25, -0.2) is 4.39 Å². The van der Waals surface area contributed by atoms with Crippen molar-refractivity contribution in [1.29, 1.82) is 5.26 Å². The number of benzene rings is 3. The summed E-state index contributed by atoms with van der Waals surface area (Å²) in [5.41, 5.74) is 2.06. The summed E-state index contributed by atoms with van der Waals surface area (Å²) in [5.74, 6) is 0.0107. The highest BCUT2D eigenvalue weighted by atomic mass is 79.9. The van der Waals surface area contributed by atoms with E-state index in [1.165, 1.54) is 19.2 Å². The van der Waals surface area contributed by atoms with Crippen LogP contribution in [0.4, 0.5) is 10.1 Å². The van der Waals surface area contributed by atoms with E-state index < -0.39 is 5.82 Å². The first-order chi connectivity index (χ1) is 15.0. The molecule has 0 bridgehead atoms. The summed E-state index contributed by atoms with van der Waals surface area (Å²) in [4.78, 5) is 12.1. The summed E-state index contributed by atoms with van der Waals surface area (Å²) in [6.07, 6.45) is 1.62. The Morgan fingerprint density at radius 1 is 1.13 bits per heavy atom. The summed E-state index contributed by atoms with van der Waals surface area (Å²) in [7, 11) is 1.48. The van der Waals surface area contributed by atoms with Crippen LogP contribution in [0.5, 0.6) is 11.5 Å². The number of amides is 1. The van der Waals surface area contributed by atoms with Crippen LogP contribution in [0.25, 0.3) is 11.6 Å². The normalized spacial score (nSPS) is 10.8. The van der Waals surface area contributed by atoms with Gasteiger partial charge in [-0.3, -0.25) is 4.79 Å². The molecule has 0 aliphatic rings. The van der Waals surface area contributed by atoms with Crippen LogP contribution in [0, 0.1) is 17.1 Å². The Bertz CT molecular complexity index is 1160. The first-order valence-corrected chi connectivity index (χ1v) is 10.0. The molecule has 1 N–H and O–H groups in total. The quantitative estimate of drug-likeness (QED) is 0.348. The number of rotatable bonds is 7. The molecule has 0 aliphatic carbocycles. The second kappa shape index (κ2) is 10.4. The molecule has 0 atom stereocenters. The van der Waals surface area contributed by atoms with Crippen LogP contribution in [0.15, 0.2) is 71.2 Å². The van der Waals surface area contributed by atoms with Crippen molar-refractivity contribution >= 4 is 39.2 Å². The number of carbonyl (C=O) groups excluding carboxylic acids is 1. The van der Waals surface area contributed by atoms with E-state index in [0.717, 1.165) is 0 Å². The maximum atomic E-state index is 13.5. The standard InChI is InChI=1S/C24H18BrFN2O3/c1-30-22-12-17(10-18(14-27)16-6-5-7-19(26)11-16)21(25)13-23(22)31-15-24(29)28-20-8-3-2-4-9-20/h2-13H,15H2,1H3,(H,28,29)/b18-10-. The number of methoxy groups -OCH3 is 1. The molecule has 0 fully saturated rings. The SMILES string of the molecule is COc1cc(/C=C(/C#N)c2cccc(F)c2)c(Br)cc1OCC(=O)Nc1ccccc1. The van der Waals surface area contributed by atoms with Gasteiger partial charge in [0, 0.05) is 10.2 Å². The molecule has 0 unspecified atom stereocenters. The van der Waals surface area contributed by atoms with Gasteiger partial charge in [0.25, 0.3) is 5.91 Å². The second-order valence-electron chi connectivity index (χ2n) is 6.41. The number of anilines is 1. The zero-order valence-electron chi connectivity index (χ0n) is 16.6. The van der Waals surface area contributed by atoms with Gasteiger partial charge in [0.2, 0.25) is 0 Å². The summed E-state index contributed by atoms with van der Waals surface area (Å²) < 4.78 is 25.2. The van der Waals surface area contributed by atoms with Gasteiger partial charge < -0.3 is 14.8 Å². The van der Waals surface area contributed by atoms with E-state index >= 15 is 0 Å². The number of carbonyl (C=O) groups is 1. The minimum Gasteiger partial charge on any atom is -0.493 e. The summed E-state index contributed by atoms with van der Waals surface area (Å²) in [6.45, 7) is -0.209. The third-order valence-electron chi connectivity index (χ3n) is 4.26. The highest BCUT2D eigenvalue weighted by molar-refractivity contribution is 9.10. The molecule has 0 spiro atoms. The van der Waals surface area contributed by atoms with E-state index in [1.807, 2.05) is 18.2 Å². The molecule has 0 saturated heterocycles. The van der Waals surface area contributed by atoms with E-state index in [9.17, 15) is 14.4 Å². The van der Waals surface area contributed by atoms with Gasteiger partial charge in [-0.1, -0.05) is 46.3 Å². The molecule has 7 heteroatoms. The number of hydrogen-bond acceptors (Lipinski definition) is 4. The summed E-state index contributed by atoms with van der Waals surface area (Å²) in [6, 6.07) is 20.3. The van der Waals surface area contributed by atoms with Gasteiger partial charge in [-0.2, -0.15) is 5.26 Å². The van der Waals surface area contributed by atoms with Crippen molar-refractivity contribution in [2.75, 3.05) is 19.0 Å². The summed E-state index contributed by atoms with van der Waals surface area (Å²) in [5, 5.41) is 12.3. The molecule has 0 aromatic heterocycles. The molecule has 3 rings (SSSR count). The summed E-state index contributed by atoms with van der Waals surface area (Å²) >= 11 is 3.45. The Morgan fingerprint density at radius 3 is 2.58 bits per heavy atom. The van der Waals surface area contributed by atoms with Crippen molar-refractivity contribution in [3.05, 3.63) is 88.1 Å². The van der Waals surface area contributed by atoms with Crippen LogP contribution >= 0.6 is 15.9 Å². The van der Waals surface area contributed by atoms with Crippen molar-refractivity contribution in [3.8, 4) is 17.6 Å². The van der Waals surface area contributed by atoms with E-state index in [1.54, 1.807) is 42.5 Å². The Kier molecular flexibility index (Phi) is 7.41. The maximum Gasteiger partial charge on any atom is 0.262 e. The van der Waals surface area contributed by atoms with E-state index in [-0.39, 0.29) is 18.1 Å². The third-order valence-corrected chi connectivity index (χ3v) is 4.94. The molecule has 156 valence electrons. The van der Waals surface area contributed by atoms with Crippen molar-refractivity contribution in [1.82, 2.24) is 0 Å². The smallest absolute Gasteiger partial charge is 0.262 e. The van der Waals surface area contributed by atoms with E-state index in [4.69, 9.17) is 9.47 Å². The molecule has 3 aromatic carbocycles. The van der Waals surface area contributed by atoms with Gasteiger partial charge in [0.05, 0.1) is 18.8 Å². The molecular weight excluding hydrogens is 463 g/mol. The number of nitrogens with zero attached hydrogens (tertiary/aromatic N) is 1. The molecule has 0 radical (unpaired) electrons. The number of ether oxygens (including phenoxy) is 2. The van der Waals surface area contributed by atoms with Crippen LogP contribution in [0.3, 0.4) is 0 Å². The maximum absolute atomic E-state index is 13.5. The molecule has 5 nitrogen and oxygen atoms in total. The van der Waals surface area contributed by atoms with Crippen LogP contribution in [-0.4, -0.2) is 19.6 Å². The average molecular weight is 481 g/mol. The first-order valence-electron chi connectivity index (χ1n) is 9.23. The van der Waals surface area contributed by atoms with Crippen LogP contribution < -0.4 is 14.8 Å². The molecule has 3 aromatic rings. The lowest BCUT2D eigenvalue weighted by atomic mass is 10.0. The lowest BCUT2D eigenvalue weighted by Gasteiger charge is -2.13. The zero-order valence-corrected chi connectivity index (χ0v) is 18.1. The second-order valence-corrected chi connectivity index (χ2v) is 7.26. The van der Waals surface area contributed by atoms with Crippen LogP contribution in [0.1, 0.15) is 11.1 Å². The van der Waals surface area contributed by atoms with Crippen molar-refractivity contribution < 1.29 is 18.7 Å². The Morgan fingerprint density at radius 2 is 1.90 bits per heavy atom. The first kappa shape index (κ1) is 22.1. The molecular formula is C24H18BrFN2O3. The van der Waals surface area contributed by atoms with E-state index in [0.29, 0.717) is 32.8 Å². The lowest BCUT2D eigenvalue weighted by Crippen LogP contribution is -2.20. The van der Waals surface area contributed by atoms with Gasteiger partial charge in [-0.15, -0.1) is 0 Å². The highest BCUT2D eigenvalue weighted by Gasteiger charge is 2.13. The van der Waals surface area contributed by atoms with Gasteiger partial charge in [0.1, 0.15) is 5.82 Å². The van der Waals surface area contributed by atoms with Gasteiger partial charge >= 0.3 is 0 Å².